The molecule has 0 aromatic heterocycles. The van der Waals surface area contributed by atoms with Crippen molar-refractivity contribution in [3.8, 4) is 0 Å². The lowest BCUT2D eigenvalue weighted by Gasteiger charge is -2.19. The van der Waals surface area contributed by atoms with Crippen LogP contribution >= 0.6 is 11.6 Å². The van der Waals surface area contributed by atoms with Gasteiger partial charge in [0.2, 0.25) is 0 Å². The van der Waals surface area contributed by atoms with E-state index in [-0.39, 0.29) is 17.6 Å². The van der Waals surface area contributed by atoms with E-state index in [2.05, 4.69) is 41.1 Å². The first-order chi connectivity index (χ1) is 11.5. The van der Waals surface area contributed by atoms with Gasteiger partial charge in [0.05, 0.1) is 0 Å². The summed E-state index contributed by atoms with van der Waals surface area (Å²) >= 11 is 5.94. The normalized spacial score (nSPS) is 21.0. The zero-order valence-electron chi connectivity index (χ0n) is 14.4. The fourth-order valence-corrected chi connectivity index (χ4v) is 3.58. The molecule has 0 amide bonds. The molecule has 1 fully saturated rings. The van der Waals surface area contributed by atoms with Gasteiger partial charge in [-0.1, -0.05) is 23.7 Å². The van der Waals surface area contributed by atoms with Crippen molar-refractivity contribution in [3.05, 3.63) is 64.7 Å². The topological polar surface area (TPSA) is 23.6 Å². The molecule has 0 unspecified atom stereocenters. The Hall–Kier alpha value is -1.84. The highest BCUT2D eigenvalue weighted by Crippen LogP contribution is 2.35. The molecule has 24 heavy (non-hydrogen) atoms. The van der Waals surface area contributed by atoms with E-state index in [0.717, 1.165) is 18.7 Å². The SMILES string of the molecule is CN1C[C@H](c2ccc(N(C)C)cc2)[C@H](C(=O)c2ccc(Cl)cc2)C1. The van der Waals surface area contributed by atoms with Crippen molar-refractivity contribution < 1.29 is 4.79 Å². The van der Waals surface area contributed by atoms with Crippen molar-refractivity contribution in [2.24, 2.45) is 5.92 Å². The number of carbonyl (C=O) groups is 1. The van der Waals surface area contributed by atoms with Crippen LogP contribution in [0.2, 0.25) is 5.02 Å². The van der Waals surface area contributed by atoms with Crippen LogP contribution in [-0.4, -0.2) is 44.9 Å². The maximum absolute atomic E-state index is 13.0. The summed E-state index contributed by atoms with van der Waals surface area (Å²) in [4.78, 5) is 17.3. The number of likely N-dealkylation sites (tertiary alicyclic amines) is 1. The fourth-order valence-electron chi connectivity index (χ4n) is 3.45. The maximum Gasteiger partial charge on any atom is 0.167 e. The van der Waals surface area contributed by atoms with Crippen molar-refractivity contribution >= 4 is 23.1 Å². The number of carbonyl (C=O) groups excluding carboxylic acids is 1. The largest absolute Gasteiger partial charge is 0.378 e. The van der Waals surface area contributed by atoms with Gasteiger partial charge in [-0.15, -0.1) is 0 Å². The highest BCUT2D eigenvalue weighted by Gasteiger charge is 2.37. The lowest BCUT2D eigenvalue weighted by molar-refractivity contribution is 0.0915. The van der Waals surface area contributed by atoms with Crippen LogP contribution in [0.25, 0.3) is 0 Å². The number of Topliss-reactive ketones (excluding diaryl/α,β-unsaturated/α-hetero) is 1. The van der Waals surface area contributed by atoms with E-state index in [9.17, 15) is 4.79 Å². The molecule has 2 atom stereocenters. The number of benzene rings is 2. The molecule has 0 bridgehead atoms. The van der Waals surface area contributed by atoms with Crippen LogP contribution in [0.4, 0.5) is 5.69 Å². The molecule has 0 saturated carbocycles. The lowest BCUT2D eigenvalue weighted by atomic mass is 9.84. The molecule has 1 saturated heterocycles. The first kappa shape index (κ1) is 17.0. The second-order valence-electron chi connectivity index (χ2n) is 6.79. The van der Waals surface area contributed by atoms with Gasteiger partial charge in [0.15, 0.2) is 5.78 Å². The minimum Gasteiger partial charge on any atom is -0.378 e. The molecule has 2 aromatic rings. The molecule has 0 N–H and O–H groups in total. The van der Waals surface area contributed by atoms with Gasteiger partial charge < -0.3 is 9.80 Å². The maximum atomic E-state index is 13.0. The predicted molar refractivity (Wildman–Crippen MR) is 100 cm³/mol. The quantitative estimate of drug-likeness (QED) is 0.786. The Balaban J connectivity index is 1.86. The van der Waals surface area contributed by atoms with E-state index < -0.39 is 0 Å². The first-order valence-electron chi connectivity index (χ1n) is 8.21. The molecule has 0 aliphatic carbocycles. The number of ketones is 1. The second-order valence-corrected chi connectivity index (χ2v) is 7.23. The van der Waals surface area contributed by atoms with Crippen LogP contribution in [-0.2, 0) is 0 Å². The third-order valence-electron chi connectivity index (χ3n) is 4.81. The van der Waals surface area contributed by atoms with Crippen molar-refractivity contribution in [1.29, 1.82) is 0 Å². The van der Waals surface area contributed by atoms with Gasteiger partial charge in [0.25, 0.3) is 0 Å². The molecule has 1 heterocycles. The summed E-state index contributed by atoms with van der Waals surface area (Å²) < 4.78 is 0. The van der Waals surface area contributed by atoms with Crippen molar-refractivity contribution in [2.75, 3.05) is 39.1 Å². The van der Waals surface area contributed by atoms with Crippen LogP contribution in [0, 0.1) is 5.92 Å². The number of hydrogen-bond acceptors (Lipinski definition) is 3. The highest BCUT2D eigenvalue weighted by molar-refractivity contribution is 6.30. The van der Waals surface area contributed by atoms with Crippen LogP contribution in [0.5, 0.6) is 0 Å². The van der Waals surface area contributed by atoms with Gasteiger partial charge >= 0.3 is 0 Å². The van der Waals surface area contributed by atoms with Gasteiger partial charge in [-0.05, 0) is 49.0 Å². The first-order valence-corrected chi connectivity index (χ1v) is 8.59. The van der Waals surface area contributed by atoms with Crippen molar-refractivity contribution in [2.45, 2.75) is 5.92 Å². The van der Waals surface area contributed by atoms with Crippen LogP contribution in [0.3, 0.4) is 0 Å². The number of rotatable bonds is 4. The third-order valence-corrected chi connectivity index (χ3v) is 5.06. The third kappa shape index (κ3) is 3.47. The van der Waals surface area contributed by atoms with Gasteiger partial charge in [-0.2, -0.15) is 0 Å². The fraction of sp³-hybridized carbons (Fsp3) is 0.350. The molecular formula is C20H23ClN2O. The summed E-state index contributed by atoms with van der Waals surface area (Å²) in [5.41, 5.74) is 3.15. The van der Waals surface area contributed by atoms with Gasteiger partial charge in [-0.25, -0.2) is 0 Å². The van der Waals surface area contributed by atoms with E-state index >= 15 is 0 Å². The molecule has 3 rings (SSSR count). The molecule has 1 aliphatic heterocycles. The molecule has 126 valence electrons. The number of nitrogens with zero attached hydrogens (tertiary/aromatic N) is 2. The lowest BCUT2D eigenvalue weighted by Crippen LogP contribution is -2.22. The molecule has 1 aliphatic rings. The Kier molecular flexibility index (Phi) is 4.93. The summed E-state index contributed by atoms with van der Waals surface area (Å²) in [5.74, 6) is 0.425. The average molecular weight is 343 g/mol. The van der Waals surface area contributed by atoms with Gasteiger partial charge in [0.1, 0.15) is 0 Å². The number of anilines is 1. The number of likely N-dealkylation sites (N-methyl/N-ethyl adjacent to an activating group) is 1. The molecule has 3 nitrogen and oxygen atoms in total. The van der Waals surface area contributed by atoms with Gasteiger partial charge in [0, 0.05) is 55.3 Å². The van der Waals surface area contributed by atoms with Crippen molar-refractivity contribution in [3.63, 3.8) is 0 Å². The minimum absolute atomic E-state index is 0.0126. The summed E-state index contributed by atoms with van der Waals surface area (Å²) in [6, 6.07) is 15.8. The smallest absolute Gasteiger partial charge is 0.167 e. The van der Waals surface area contributed by atoms with E-state index in [1.807, 2.05) is 26.2 Å². The second kappa shape index (κ2) is 6.96. The van der Waals surface area contributed by atoms with E-state index in [0.29, 0.717) is 5.02 Å². The summed E-state index contributed by atoms with van der Waals surface area (Å²) in [6.45, 7) is 1.70. The van der Waals surface area contributed by atoms with Crippen LogP contribution in [0.1, 0.15) is 21.8 Å². The molecule has 4 heteroatoms. The number of hydrogen-bond donors (Lipinski definition) is 0. The Bertz CT molecular complexity index is 709. The predicted octanol–water partition coefficient (Wildman–Crippen LogP) is 3.93. The molecule has 2 aromatic carbocycles. The van der Waals surface area contributed by atoms with E-state index in [1.54, 1.807) is 12.1 Å². The van der Waals surface area contributed by atoms with Gasteiger partial charge in [-0.3, -0.25) is 4.79 Å². The zero-order chi connectivity index (χ0) is 17.3. The molecular weight excluding hydrogens is 320 g/mol. The standard InChI is InChI=1S/C20H23ClN2O/c1-22(2)17-10-6-14(7-11-17)18-12-23(3)13-19(18)20(24)15-4-8-16(21)9-5-15/h4-11,18-19H,12-13H2,1-3H3/t18-,19-/m1/s1. The minimum atomic E-state index is -0.0126. The average Bonchev–Trinajstić information content (AvgIpc) is 2.97. The van der Waals surface area contributed by atoms with E-state index in [1.165, 1.54) is 11.3 Å². The molecule has 0 radical (unpaired) electrons. The highest BCUT2D eigenvalue weighted by atomic mass is 35.5. The Morgan fingerprint density at radius 1 is 1.04 bits per heavy atom. The summed E-state index contributed by atoms with van der Waals surface area (Å²) in [5, 5.41) is 0.658. The van der Waals surface area contributed by atoms with Crippen LogP contribution in [0.15, 0.2) is 48.5 Å². The van der Waals surface area contributed by atoms with Crippen molar-refractivity contribution in [1.82, 2.24) is 4.90 Å². The Labute approximate surface area is 148 Å². The summed E-state index contributed by atoms with van der Waals surface area (Å²) in [6.07, 6.45) is 0. The monoisotopic (exact) mass is 342 g/mol. The summed E-state index contributed by atoms with van der Waals surface area (Å²) in [7, 11) is 6.15. The number of halogens is 1. The van der Waals surface area contributed by atoms with Crippen LogP contribution < -0.4 is 4.90 Å². The molecule has 0 spiro atoms. The zero-order valence-corrected chi connectivity index (χ0v) is 15.1. The Morgan fingerprint density at radius 2 is 1.67 bits per heavy atom. The Morgan fingerprint density at radius 3 is 2.25 bits per heavy atom. The van der Waals surface area contributed by atoms with E-state index in [4.69, 9.17) is 11.6 Å².